The highest BCUT2D eigenvalue weighted by Crippen LogP contribution is 2.44. The summed E-state index contributed by atoms with van der Waals surface area (Å²) >= 11 is 0. The third-order valence-corrected chi connectivity index (χ3v) is 5.12. The molecule has 2 aliphatic rings. The fourth-order valence-electron chi connectivity index (χ4n) is 3.77. The molecule has 4 heteroatoms. The van der Waals surface area contributed by atoms with E-state index in [4.69, 9.17) is 11.1 Å². The van der Waals surface area contributed by atoms with Crippen LogP contribution in [-0.4, -0.2) is 23.9 Å². The van der Waals surface area contributed by atoms with Crippen LogP contribution < -0.4 is 10.6 Å². The fraction of sp³-hybridized carbons (Fsp3) is 0.625. The first-order valence-corrected chi connectivity index (χ1v) is 7.74. The highest BCUT2D eigenvalue weighted by Gasteiger charge is 2.35. The van der Waals surface area contributed by atoms with Crippen LogP contribution in [0.3, 0.4) is 0 Å². The van der Waals surface area contributed by atoms with Crippen molar-refractivity contribution in [2.75, 3.05) is 18.0 Å². The van der Waals surface area contributed by atoms with Crippen molar-refractivity contribution >= 4 is 11.7 Å². The van der Waals surface area contributed by atoms with E-state index in [1.54, 1.807) is 12.3 Å². The number of rotatable bonds is 2. The third-order valence-electron chi connectivity index (χ3n) is 5.12. The molecule has 0 amide bonds. The molecule has 1 aromatic rings. The predicted octanol–water partition coefficient (Wildman–Crippen LogP) is 2.92. The van der Waals surface area contributed by atoms with E-state index in [9.17, 15) is 0 Å². The van der Waals surface area contributed by atoms with Gasteiger partial charge in [0.05, 0.1) is 0 Å². The molecule has 1 saturated heterocycles. The second-order valence-corrected chi connectivity index (χ2v) is 6.36. The van der Waals surface area contributed by atoms with E-state index in [0.29, 0.717) is 5.41 Å². The molecule has 3 N–H and O–H groups in total. The van der Waals surface area contributed by atoms with Crippen LogP contribution in [0.5, 0.6) is 0 Å². The number of hydrogen-bond donors (Lipinski definition) is 2. The summed E-state index contributed by atoms with van der Waals surface area (Å²) in [6, 6.07) is 3.75. The number of piperidine rings is 1. The summed E-state index contributed by atoms with van der Waals surface area (Å²) in [6.07, 6.45) is 11.4. The van der Waals surface area contributed by atoms with Crippen molar-refractivity contribution in [3.05, 3.63) is 23.9 Å². The Bertz CT molecular complexity index is 481. The van der Waals surface area contributed by atoms with E-state index in [1.165, 1.54) is 44.9 Å². The maximum absolute atomic E-state index is 7.53. The van der Waals surface area contributed by atoms with Gasteiger partial charge in [0.1, 0.15) is 11.7 Å². The monoisotopic (exact) mass is 272 g/mol. The first-order chi connectivity index (χ1) is 9.69. The van der Waals surface area contributed by atoms with Gasteiger partial charge in [-0.1, -0.05) is 19.3 Å². The molecule has 3 rings (SSSR count). The minimum Gasteiger partial charge on any atom is -0.384 e. The van der Waals surface area contributed by atoms with Crippen molar-refractivity contribution in [2.24, 2.45) is 11.1 Å². The number of hydrogen-bond acceptors (Lipinski definition) is 3. The number of nitrogen functional groups attached to an aromatic ring is 1. The zero-order valence-corrected chi connectivity index (χ0v) is 12.1. The quantitative estimate of drug-likeness (QED) is 0.642. The van der Waals surface area contributed by atoms with Gasteiger partial charge in [0.15, 0.2) is 0 Å². The van der Waals surface area contributed by atoms with Gasteiger partial charge in [0, 0.05) is 24.8 Å². The van der Waals surface area contributed by atoms with Crippen molar-refractivity contribution < 1.29 is 0 Å². The van der Waals surface area contributed by atoms with Gasteiger partial charge < -0.3 is 10.6 Å². The van der Waals surface area contributed by atoms with E-state index in [2.05, 4.69) is 9.88 Å². The van der Waals surface area contributed by atoms with E-state index < -0.39 is 0 Å². The molecule has 0 unspecified atom stereocenters. The van der Waals surface area contributed by atoms with Crippen LogP contribution in [0.15, 0.2) is 18.3 Å². The van der Waals surface area contributed by atoms with Crippen LogP contribution in [0.25, 0.3) is 0 Å². The number of nitrogens with two attached hydrogens (primary N) is 1. The number of anilines is 1. The first-order valence-electron chi connectivity index (χ1n) is 7.74. The number of aromatic nitrogens is 1. The summed E-state index contributed by atoms with van der Waals surface area (Å²) in [6.45, 7) is 2.18. The van der Waals surface area contributed by atoms with E-state index in [0.717, 1.165) is 24.5 Å². The lowest BCUT2D eigenvalue weighted by atomic mass is 9.68. The van der Waals surface area contributed by atoms with Crippen molar-refractivity contribution in [3.8, 4) is 0 Å². The van der Waals surface area contributed by atoms with E-state index >= 15 is 0 Å². The van der Waals surface area contributed by atoms with Crippen LogP contribution in [-0.2, 0) is 0 Å². The fourth-order valence-corrected chi connectivity index (χ4v) is 3.77. The van der Waals surface area contributed by atoms with Gasteiger partial charge in [-0.2, -0.15) is 0 Å². The van der Waals surface area contributed by atoms with Crippen LogP contribution in [0.2, 0.25) is 0 Å². The SMILES string of the molecule is N=C(N)c1ccnc(N2CCC3(CCCCC3)CC2)c1. The third kappa shape index (κ3) is 2.65. The molecule has 4 nitrogen and oxygen atoms in total. The van der Waals surface area contributed by atoms with Crippen LogP contribution in [0.4, 0.5) is 5.82 Å². The average molecular weight is 272 g/mol. The standard InChI is InChI=1S/C16H24N4/c17-15(18)13-4-9-19-14(12-13)20-10-7-16(8-11-20)5-2-1-3-6-16/h4,9,12H,1-3,5-8,10-11H2,(H3,17,18). The molecule has 0 atom stereocenters. The van der Waals surface area contributed by atoms with Gasteiger partial charge in [0.25, 0.3) is 0 Å². The van der Waals surface area contributed by atoms with Crippen molar-refractivity contribution in [2.45, 2.75) is 44.9 Å². The van der Waals surface area contributed by atoms with Gasteiger partial charge in [-0.3, -0.25) is 5.41 Å². The van der Waals surface area contributed by atoms with Gasteiger partial charge in [-0.15, -0.1) is 0 Å². The minimum absolute atomic E-state index is 0.120. The molecule has 1 aliphatic heterocycles. The van der Waals surface area contributed by atoms with Crippen LogP contribution in [0.1, 0.15) is 50.5 Å². The van der Waals surface area contributed by atoms with Crippen molar-refractivity contribution in [3.63, 3.8) is 0 Å². The Morgan fingerprint density at radius 2 is 1.85 bits per heavy atom. The molecule has 108 valence electrons. The molecule has 20 heavy (non-hydrogen) atoms. The van der Waals surface area contributed by atoms with Gasteiger partial charge in [-0.25, -0.2) is 4.98 Å². The van der Waals surface area contributed by atoms with Gasteiger partial charge in [0.2, 0.25) is 0 Å². The van der Waals surface area contributed by atoms with Crippen molar-refractivity contribution in [1.29, 1.82) is 5.41 Å². The number of amidine groups is 1. The Labute approximate surface area is 120 Å². The summed E-state index contributed by atoms with van der Waals surface area (Å²) in [5.41, 5.74) is 6.95. The summed E-state index contributed by atoms with van der Waals surface area (Å²) in [5.74, 6) is 1.10. The lowest BCUT2D eigenvalue weighted by Gasteiger charge is -2.44. The van der Waals surface area contributed by atoms with E-state index in [-0.39, 0.29) is 5.84 Å². The molecule has 1 saturated carbocycles. The summed E-state index contributed by atoms with van der Waals surface area (Å²) in [5, 5.41) is 7.53. The molecule has 0 radical (unpaired) electrons. The molecular weight excluding hydrogens is 248 g/mol. The summed E-state index contributed by atoms with van der Waals surface area (Å²) < 4.78 is 0. The Kier molecular flexibility index (Phi) is 3.64. The molecule has 2 heterocycles. The smallest absolute Gasteiger partial charge is 0.129 e. The van der Waals surface area contributed by atoms with Crippen LogP contribution >= 0.6 is 0 Å². The minimum atomic E-state index is 0.120. The topological polar surface area (TPSA) is 66.0 Å². The summed E-state index contributed by atoms with van der Waals surface area (Å²) in [7, 11) is 0. The number of nitrogens with zero attached hydrogens (tertiary/aromatic N) is 2. The molecule has 0 aromatic carbocycles. The summed E-state index contributed by atoms with van der Waals surface area (Å²) in [4.78, 5) is 6.81. The highest BCUT2D eigenvalue weighted by atomic mass is 15.2. The Morgan fingerprint density at radius 3 is 2.50 bits per heavy atom. The zero-order chi connectivity index (χ0) is 14.0. The lowest BCUT2D eigenvalue weighted by molar-refractivity contribution is 0.144. The second-order valence-electron chi connectivity index (χ2n) is 6.36. The molecule has 1 aromatic heterocycles. The lowest BCUT2D eigenvalue weighted by Crippen LogP contribution is -2.41. The molecule has 2 fully saturated rings. The van der Waals surface area contributed by atoms with E-state index in [1.807, 2.05) is 6.07 Å². The maximum Gasteiger partial charge on any atom is 0.129 e. The molecule has 1 spiro atoms. The average Bonchev–Trinajstić information content (AvgIpc) is 2.49. The highest BCUT2D eigenvalue weighted by molar-refractivity contribution is 5.95. The molecule has 0 bridgehead atoms. The second kappa shape index (κ2) is 5.43. The van der Waals surface area contributed by atoms with Crippen LogP contribution in [0, 0.1) is 10.8 Å². The number of nitrogens with one attached hydrogen (secondary N) is 1. The normalized spacial score (nSPS) is 21.9. The molecule has 1 aliphatic carbocycles. The zero-order valence-electron chi connectivity index (χ0n) is 12.1. The Hall–Kier alpha value is -1.58. The van der Waals surface area contributed by atoms with Gasteiger partial charge in [-0.05, 0) is 43.2 Å². The first kappa shape index (κ1) is 13.4. The largest absolute Gasteiger partial charge is 0.384 e. The van der Waals surface area contributed by atoms with Crippen molar-refractivity contribution in [1.82, 2.24) is 4.98 Å². The Morgan fingerprint density at radius 1 is 1.15 bits per heavy atom. The number of pyridine rings is 1. The van der Waals surface area contributed by atoms with Gasteiger partial charge >= 0.3 is 0 Å². The Balaban J connectivity index is 1.68. The maximum atomic E-state index is 7.53. The molecular formula is C16H24N4. The predicted molar refractivity (Wildman–Crippen MR) is 82.2 cm³/mol.